The number of ether oxygens (including phenoxy) is 1. The van der Waals surface area contributed by atoms with Gasteiger partial charge >= 0.3 is 5.97 Å². The molecule has 0 saturated carbocycles. The van der Waals surface area contributed by atoms with Crippen LogP contribution in [0.15, 0.2) is 36.5 Å². The van der Waals surface area contributed by atoms with Crippen molar-refractivity contribution in [1.82, 2.24) is 5.32 Å². The SMILES string of the molecule is CC/C=C/C/C=C/C/C=C/CCCCCCC(=O)OC(CCCCCCCCCCC)CC(=O)NC(CO)C(O)CCCCCCCCCCCCC. The third-order valence-corrected chi connectivity index (χ3v) is 10.2. The summed E-state index contributed by atoms with van der Waals surface area (Å²) in [5.41, 5.74) is 0. The maximum Gasteiger partial charge on any atom is 0.306 e. The summed E-state index contributed by atoms with van der Waals surface area (Å²) in [5.74, 6) is -0.498. The summed E-state index contributed by atoms with van der Waals surface area (Å²) in [7, 11) is 0. The first kappa shape index (κ1) is 51.1. The largest absolute Gasteiger partial charge is 0.462 e. The lowest BCUT2D eigenvalue weighted by molar-refractivity contribution is -0.151. The zero-order valence-electron chi connectivity index (χ0n) is 35.1. The summed E-state index contributed by atoms with van der Waals surface area (Å²) >= 11 is 0. The van der Waals surface area contributed by atoms with Gasteiger partial charge in [-0.3, -0.25) is 9.59 Å². The molecule has 310 valence electrons. The Labute approximate surface area is 328 Å². The standard InChI is InChI=1S/C47H87NO5/c1-4-7-10-13-16-19-21-22-23-25-28-31-34-37-40-47(52)53-43(38-35-32-29-26-18-15-12-9-6-3)41-46(51)48-44(42-49)45(50)39-36-33-30-27-24-20-17-14-11-8-5-2/h7,10,16,19,22-23,43-45,49-50H,4-6,8-9,11-15,17-18,20-21,24-42H2,1-3H3,(H,48,51)/b10-7+,19-16+,23-22+. The average Bonchev–Trinajstić information content (AvgIpc) is 3.15. The van der Waals surface area contributed by atoms with Crippen molar-refractivity contribution in [2.75, 3.05) is 6.61 Å². The van der Waals surface area contributed by atoms with E-state index in [2.05, 4.69) is 62.5 Å². The van der Waals surface area contributed by atoms with Crippen molar-refractivity contribution < 1.29 is 24.5 Å². The summed E-state index contributed by atoms with van der Waals surface area (Å²) in [6, 6.07) is -0.700. The van der Waals surface area contributed by atoms with E-state index in [4.69, 9.17) is 4.74 Å². The minimum Gasteiger partial charge on any atom is -0.462 e. The molecule has 0 aromatic rings. The molecule has 0 aliphatic carbocycles. The van der Waals surface area contributed by atoms with Gasteiger partial charge < -0.3 is 20.3 Å². The van der Waals surface area contributed by atoms with E-state index in [0.29, 0.717) is 19.3 Å². The van der Waals surface area contributed by atoms with Gasteiger partial charge in [-0.05, 0) is 57.8 Å². The second kappa shape index (κ2) is 41.2. The Morgan fingerprint density at radius 2 is 1.02 bits per heavy atom. The second-order valence-corrected chi connectivity index (χ2v) is 15.4. The average molecular weight is 746 g/mol. The van der Waals surface area contributed by atoms with Gasteiger partial charge in [-0.1, -0.05) is 192 Å². The van der Waals surface area contributed by atoms with Crippen molar-refractivity contribution in [2.45, 2.75) is 244 Å². The molecular formula is C47H87NO5. The third-order valence-electron chi connectivity index (χ3n) is 10.2. The molecule has 0 heterocycles. The van der Waals surface area contributed by atoms with Crippen molar-refractivity contribution in [3.8, 4) is 0 Å². The molecule has 0 bridgehead atoms. The van der Waals surface area contributed by atoms with E-state index < -0.39 is 18.2 Å². The number of allylic oxidation sites excluding steroid dienone is 6. The van der Waals surface area contributed by atoms with E-state index in [1.54, 1.807) is 0 Å². The summed E-state index contributed by atoms with van der Waals surface area (Å²) in [4.78, 5) is 25.9. The summed E-state index contributed by atoms with van der Waals surface area (Å²) < 4.78 is 5.88. The first-order valence-electron chi connectivity index (χ1n) is 22.7. The molecule has 0 fully saturated rings. The number of hydrogen-bond acceptors (Lipinski definition) is 5. The van der Waals surface area contributed by atoms with E-state index in [1.165, 1.54) is 96.3 Å². The number of hydrogen-bond donors (Lipinski definition) is 3. The molecule has 3 unspecified atom stereocenters. The molecule has 3 atom stereocenters. The lowest BCUT2D eigenvalue weighted by atomic mass is 10.0. The van der Waals surface area contributed by atoms with Gasteiger partial charge in [-0.25, -0.2) is 0 Å². The van der Waals surface area contributed by atoms with Crippen LogP contribution in [0.3, 0.4) is 0 Å². The molecule has 6 nitrogen and oxygen atoms in total. The second-order valence-electron chi connectivity index (χ2n) is 15.4. The van der Waals surface area contributed by atoms with Gasteiger partial charge in [0.15, 0.2) is 0 Å². The lowest BCUT2D eigenvalue weighted by Gasteiger charge is -2.24. The van der Waals surface area contributed by atoms with Crippen molar-refractivity contribution in [2.24, 2.45) is 0 Å². The third kappa shape index (κ3) is 36.8. The molecule has 6 heteroatoms. The van der Waals surface area contributed by atoms with Gasteiger partial charge in [0.2, 0.25) is 5.91 Å². The van der Waals surface area contributed by atoms with E-state index in [9.17, 15) is 19.8 Å². The van der Waals surface area contributed by atoms with E-state index in [-0.39, 0.29) is 24.9 Å². The number of carbonyl (C=O) groups is 2. The Hall–Kier alpha value is -1.92. The molecule has 3 N–H and O–H groups in total. The van der Waals surface area contributed by atoms with Crippen molar-refractivity contribution in [3.05, 3.63) is 36.5 Å². The van der Waals surface area contributed by atoms with Gasteiger partial charge in [-0.15, -0.1) is 0 Å². The highest BCUT2D eigenvalue weighted by Gasteiger charge is 2.24. The predicted octanol–water partition coefficient (Wildman–Crippen LogP) is 12.9. The number of carbonyl (C=O) groups excluding carboxylic acids is 2. The number of aliphatic hydroxyl groups excluding tert-OH is 2. The smallest absolute Gasteiger partial charge is 0.306 e. The zero-order chi connectivity index (χ0) is 38.9. The first-order valence-corrected chi connectivity index (χ1v) is 22.7. The van der Waals surface area contributed by atoms with Gasteiger partial charge in [0.1, 0.15) is 6.10 Å². The molecule has 1 amide bonds. The number of esters is 1. The molecule has 0 aliphatic heterocycles. The van der Waals surface area contributed by atoms with Crippen LogP contribution in [-0.4, -0.2) is 46.9 Å². The van der Waals surface area contributed by atoms with Crippen LogP contribution in [0.5, 0.6) is 0 Å². The fraction of sp³-hybridized carbons (Fsp3) is 0.830. The van der Waals surface area contributed by atoms with Gasteiger partial charge in [0.05, 0.1) is 25.2 Å². The minimum atomic E-state index is -0.786. The van der Waals surface area contributed by atoms with E-state index >= 15 is 0 Å². The monoisotopic (exact) mass is 746 g/mol. The highest BCUT2D eigenvalue weighted by atomic mass is 16.5. The van der Waals surface area contributed by atoms with Crippen LogP contribution in [-0.2, 0) is 14.3 Å². The predicted molar refractivity (Wildman–Crippen MR) is 227 cm³/mol. The molecule has 0 aliphatic rings. The van der Waals surface area contributed by atoms with Crippen molar-refractivity contribution in [3.63, 3.8) is 0 Å². The Bertz CT molecular complexity index is 884. The maximum absolute atomic E-state index is 13.1. The fourth-order valence-electron chi connectivity index (χ4n) is 6.80. The molecule has 0 aromatic heterocycles. The number of unbranched alkanes of at least 4 members (excludes halogenated alkanes) is 22. The van der Waals surface area contributed by atoms with E-state index in [1.807, 2.05) is 0 Å². The number of rotatable bonds is 40. The minimum absolute atomic E-state index is 0.0708. The highest BCUT2D eigenvalue weighted by Crippen LogP contribution is 2.17. The molecule has 0 radical (unpaired) electrons. The fourth-order valence-corrected chi connectivity index (χ4v) is 6.80. The van der Waals surface area contributed by atoms with Gasteiger partial charge in [0.25, 0.3) is 0 Å². The molecular weight excluding hydrogens is 659 g/mol. The van der Waals surface area contributed by atoms with Crippen molar-refractivity contribution >= 4 is 11.9 Å². The van der Waals surface area contributed by atoms with Crippen LogP contribution in [0.4, 0.5) is 0 Å². The van der Waals surface area contributed by atoms with Gasteiger partial charge in [0, 0.05) is 6.42 Å². The normalized spacial score (nSPS) is 13.7. The molecule has 0 rings (SSSR count). The van der Waals surface area contributed by atoms with Crippen LogP contribution in [0.25, 0.3) is 0 Å². The van der Waals surface area contributed by atoms with Crippen LogP contribution >= 0.6 is 0 Å². The Morgan fingerprint density at radius 1 is 0.566 bits per heavy atom. The molecule has 0 saturated heterocycles. The first-order chi connectivity index (χ1) is 26.0. The molecule has 0 spiro atoms. The Morgan fingerprint density at radius 3 is 1.55 bits per heavy atom. The van der Waals surface area contributed by atoms with Crippen LogP contribution in [0.1, 0.15) is 226 Å². The lowest BCUT2D eigenvalue weighted by Crippen LogP contribution is -2.46. The maximum atomic E-state index is 13.1. The quantitative estimate of drug-likeness (QED) is 0.0330. The highest BCUT2D eigenvalue weighted by molar-refractivity contribution is 5.77. The topological polar surface area (TPSA) is 95.9 Å². The van der Waals surface area contributed by atoms with Crippen LogP contribution in [0, 0.1) is 0 Å². The molecule has 53 heavy (non-hydrogen) atoms. The summed E-state index contributed by atoms with van der Waals surface area (Å²) in [6.45, 7) is 6.33. The summed E-state index contributed by atoms with van der Waals surface area (Å²) in [6.07, 6.45) is 46.3. The summed E-state index contributed by atoms with van der Waals surface area (Å²) in [5, 5.41) is 23.6. The molecule has 0 aromatic carbocycles. The van der Waals surface area contributed by atoms with Crippen LogP contribution < -0.4 is 5.32 Å². The number of amides is 1. The van der Waals surface area contributed by atoms with Crippen LogP contribution in [0.2, 0.25) is 0 Å². The Balaban J connectivity index is 4.56. The number of nitrogens with one attached hydrogen (secondary N) is 1. The zero-order valence-corrected chi connectivity index (χ0v) is 35.1. The van der Waals surface area contributed by atoms with Crippen molar-refractivity contribution in [1.29, 1.82) is 0 Å². The van der Waals surface area contributed by atoms with Gasteiger partial charge in [-0.2, -0.15) is 0 Å². The Kier molecular flexibility index (Phi) is 39.8. The van der Waals surface area contributed by atoms with E-state index in [0.717, 1.165) is 83.5 Å². The number of aliphatic hydroxyl groups is 2.